The Morgan fingerprint density at radius 1 is 1.31 bits per heavy atom. The van der Waals surface area contributed by atoms with Crippen molar-refractivity contribution >= 4 is 5.91 Å². The lowest BCUT2D eigenvalue weighted by atomic mass is 9.84. The number of amides is 1. The Hall–Kier alpha value is -2.30. The summed E-state index contributed by atoms with van der Waals surface area (Å²) in [6, 6.07) is 9.71. The van der Waals surface area contributed by atoms with E-state index in [-0.39, 0.29) is 18.6 Å². The maximum absolute atomic E-state index is 12.8. The lowest BCUT2D eigenvalue weighted by molar-refractivity contribution is 0.0904. The molecule has 2 aromatic rings. The van der Waals surface area contributed by atoms with Gasteiger partial charge in [-0.1, -0.05) is 29.8 Å². The number of nitrogens with zero attached hydrogens (tertiary/aromatic N) is 1. The summed E-state index contributed by atoms with van der Waals surface area (Å²) in [5, 5.41) is 7.15. The molecule has 4 atom stereocenters. The maximum atomic E-state index is 12.8. The van der Waals surface area contributed by atoms with Crippen molar-refractivity contribution < 1.29 is 14.1 Å². The van der Waals surface area contributed by atoms with Crippen LogP contribution in [0.1, 0.15) is 54.4 Å². The first-order chi connectivity index (χ1) is 12.6. The second kappa shape index (κ2) is 7.14. The number of hydrogen-bond acceptors (Lipinski definition) is 4. The predicted molar refractivity (Wildman–Crippen MR) is 97.9 cm³/mol. The van der Waals surface area contributed by atoms with Crippen molar-refractivity contribution in [3.05, 3.63) is 47.3 Å². The topological polar surface area (TPSA) is 64.4 Å². The molecule has 0 aliphatic heterocycles. The minimum atomic E-state index is -0.163. The number of rotatable bonds is 6. The Kier molecular flexibility index (Phi) is 4.70. The molecule has 0 saturated heterocycles. The molecule has 2 fully saturated rings. The number of para-hydroxylation sites is 1. The molecule has 1 aromatic heterocycles. The van der Waals surface area contributed by atoms with Crippen LogP contribution in [0, 0.1) is 24.7 Å². The molecule has 2 bridgehead atoms. The maximum Gasteiger partial charge on any atom is 0.274 e. The van der Waals surface area contributed by atoms with Gasteiger partial charge in [0.1, 0.15) is 18.1 Å². The second-order valence-electron chi connectivity index (χ2n) is 7.77. The molecule has 138 valence electrons. The van der Waals surface area contributed by atoms with E-state index < -0.39 is 0 Å². The van der Waals surface area contributed by atoms with E-state index in [1.165, 1.54) is 25.7 Å². The Bertz CT molecular complexity index is 771. The number of aryl methyl sites for hydroxylation is 1. The highest BCUT2D eigenvalue weighted by molar-refractivity contribution is 5.94. The number of aromatic nitrogens is 1. The fourth-order valence-electron chi connectivity index (χ4n) is 4.70. The highest BCUT2D eigenvalue weighted by Gasteiger charge is 2.42. The fourth-order valence-corrected chi connectivity index (χ4v) is 4.70. The summed E-state index contributed by atoms with van der Waals surface area (Å²) in [7, 11) is 0. The van der Waals surface area contributed by atoms with E-state index in [2.05, 4.69) is 17.4 Å². The van der Waals surface area contributed by atoms with Crippen LogP contribution >= 0.6 is 0 Å². The van der Waals surface area contributed by atoms with E-state index in [1.807, 2.05) is 37.3 Å². The number of fused-ring (bicyclic) bond motifs is 2. The standard InChI is InChI=1S/C21H26N2O3/c1-13(18-11-15-8-9-16(18)10-15)22-21(24)20-19(14(2)26-23-20)12-25-17-6-4-3-5-7-17/h3-7,13,15-16,18H,8-12H2,1-2H3,(H,22,24). The largest absolute Gasteiger partial charge is 0.489 e. The SMILES string of the molecule is Cc1onc(C(=O)NC(C)C2CC3CCC2C3)c1COc1ccccc1. The van der Waals surface area contributed by atoms with Gasteiger partial charge in [-0.25, -0.2) is 0 Å². The molecular formula is C21H26N2O3. The van der Waals surface area contributed by atoms with Gasteiger partial charge in [0, 0.05) is 6.04 Å². The summed E-state index contributed by atoms with van der Waals surface area (Å²) in [4.78, 5) is 12.8. The van der Waals surface area contributed by atoms with E-state index in [4.69, 9.17) is 9.26 Å². The molecule has 5 nitrogen and oxygen atoms in total. The minimum Gasteiger partial charge on any atom is -0.489 e. The van der Waals surface area contributed by atoms with Crippen molar-refractivity contribution in [2.75, 3.05) is 0 Å². The summed E-state index contributed by atoms with van der Waals surface area (Å²) in [6.45, 7) is 4.20. The molecule has 4 unspecified atom stereocenters. The van der Waals surface area contributed by atoms with Crippen LogP contribution in [0.5, 0.6) is 5.75 Å². The van der Waals surface area contributed by atoms with Gasteiger partial charge in [-0.3, -0.25) is 4.79 Å². The normalized spacial score (nSPS) is 25.2. The molecule has 4 rings (SSSR count). The average molecular weight is 354 g/mol. The van der Waals surface area contributed by atoms with E-state index in [9.17, 15) is 4.79 Å². The van der Waals surface area contributed by atoms with Gasteiger partial charge in [-0.05, 0) is 63.0 Å². The van der Waals surface area contributed by atoms with Crippen molar-refractivity contribution in [2.24, 2.45) is 17.8 Å². The van der Waals surface area contributed by atoms with Crippen LogP contribution in [0.2, 0.25) is 0 Å². The molecule has 2 aliphatic rings. The van der Waals surface area contributed by atoms with Gasteiger partial charge < -0.3 is 14.6 Å². The zero-order valence-electron chi connectivity index (χ0n) is 15.4. The number of benzene rings is 1. The third kappa shape index (κ3) is 3.35. The quantitative estimate of drug-likeness (QED) is 0.848. The monoisotopic (exact) mass is 354 g/mol. The molecule has 1 aromatic carbocycles. The molecule has 1 N–H and O–H groups in total. The van der Waals surface area contributed by atoms with Crippen LogP contribution in [0.4, 0.5) is 0 Å². The Balaban J connectivity index is 1.41. The second-order valence-corrected chi connectivity index (χ2v) is 7.77. The summed E-state index contributed by atoms with van der Waals surface area (Å²) < 4.78 is 11.1. The number of carbonyl (C=O) groups excluding carboxylic acids is 1. The molecule has 2 aliphatic carbocycles. The van der Waals surface area contributed by atoms with Crippen LogP contribution in [0.3, 0.4) is 0 Å². The predicted octanol–water partition coefficient (Wildman–Crippen LogP) is 4.12. The third-order valence-corrected chi connectivity index (χ3v) is 6.12. The minimum absolute atomic E-state index is 0.163. The van der Waals surface area contributed by atoms with Gasteiger partial charge >= 0.3 is 0 Å². The zero-order chi connectivity index (χ0) is 18.1. The lowest BCUT2D eigenvalue weighted by Gasteiger charge is -2.28. The highest BCUT2D eigenvalue weighted by Crippen LogP contribution is 2.49. The molecule has 0 spiro atoms. The van der Waals surface area contributed by atoms with Crippen molar-refractivity contribution in [3.8, 4) is 5.75 Å². The first-order valence-electron chi connectivity index (χ1n) is 9.55. The number of hydrogen-bond donors (Lipinski definition) is 1. The van der Waals surface area contributed by atoms with Gasteiger partial charge in [-0.2, -0.15) is 0 Å². The molecule has 26 heavy (non-hydrogen) atoms. The van der Waals surface area contributed by atoms with Gasteiger partial charge in [0.15, 0.2) is 5.69 Å². The highest BCUT2D eigenvalue weighted by atomic mass is 16.5. The Labute approximate surface area is 154 Å². The van der Waals surface area contributed by atoms with Crippen LogP contribution in [-0.4, -0.2) is 17.1 Å². The van der Waals surface area contributed by atoms with Gasteiger partial charge in [0.2, 0.25) is 0 Å². The first kappa shape index (κ1) is 17.1. The van der Waals surface area contributed by atoms with Gasteiger partial charge in [0.25, 0.3) is 5.91 Å². The number of ether oxygens (including phenoxy) is 1. The molecule has 2 saturated carbocycles. The van der Waals surface area contributed by atoms with Crippen LogP contribution in [0.15, 0.2) is 34.9 Å². The van der Waals surface area contributed by atoms with Crippen LogP contribution < -0.4 is 10.1 Å². The summed E-state index contributed by atoms with van der Waals surface area (Å²) in [5.41, 5.74) is 1.06. The molecule has 1 heterocycles. The van der Waals surface area contributed by atoms with E-state index >= 15 is 0 Å². The average Bonchev–Trinajstić information content (AvgIpc) is 3.36. The molecule has 0 radical (unpaired) electrons. The van der Waals surface area contributed by atoms with Crippen LogP contribution in [-0.2, 0) is 6.61 Å². The van der Waals surface area contributed by atoms with Crippen molar-refractivity contribution in [1.29, 1.82) is 0 Å². The summed E-state index contributed by atoms with van der Waals surface area (Å²) in [6.07, 6.45) is 5.26. The molecular weight excluding hydrogens is 328 g/mol. The van der Waals surface area contributed by atoms with Crippen molar-refractivity contribution in [3.63, 3.8) is 0 Å². The first-order valence-corrected chi connectivity index (χ1v) is 9.55. The van der Waals surface area contributed by atoms with E-state index in [0.717, 1.165) is 17.6 Å². The van der Waals surface area contributed by atoms with Gasteiger partial charge in [-0.15, -0.1) is 0 Å². The van der Waals surface area contributed by atoms with E-state index in [1.54, 1.807) is 0 Å². The Morgan fingerprint density at radius 2 is 2.12 bits per heavy atom. The van der Waals surface area contributed by atoms with Crippen molar-refractivity contribution in [2.45, 2.75) is 52.2 Å². The summed E-state index contributed by atoms with van der Waals surface area (Å²) >= 11 is 0. The Morgan fingerprint density at radius 3 is 2.81 bits per heavy atom. The fraction of sp³-hybridized carbons (Fsp3) is 0.524. The number of nitrogens with one attached hydrogen (secondary N) is 1. The number of carbonyl (C=O) groups is 1. The zero-order valence-corrected chi connectivity index (χ0v) is 15.4. The molecule has 1 amide bonds. The smallest absolute Gasteiger partial charge is 0.274 e. The van der Waals surface area contributed by atoms with Crippen molar-refractivity contribution in [1.82, 2.24) is 10.5 Å². The van der Waals surface area contributed by atoms with Gasteiger partial charge in [0.05, 0.1) is 5.56 Å². The van der Waals surface area contributed by atoms with E-state index in [0.29, 0.717) is 22.9 Å². The third-order valence-electron chi connectivity index (χ3n) is 6.12. The van der Waals surface area contributed by atoms with Crippen LogP contribution in [0.25, 0.3) is 0 Å². The lowest BCUT2D eigenvalue weighted by Crippen LogP contribution is -2.40. The molecule has 5 heteroatoms. The summed E-state index contributed by atoms with van der Waals surface area (Å²) in [5.74, 6) is 3.45.